The highest BCUT2D eigenvalue weighted by atomic mass is 16.5. The smallest absolute Gasteiger partial charge is 0.340 e. The Morgan fingerprint density at radius 2 is 1.69 bits per heavy atom. The lowest BCUT2D eigenvalue weighted by molar-refractivity contribution is -0.116. The summed E-state index contributed by atoms with van der Waals surface area (Å²) in [5, 5.41) is 2.75. The van der Waals surface area contributed by atoms with E-state index < -0.39 is 5.97 Å². The first-order chi connectivity index (χ1) is 12.7. The maximum atomic E-state index is 12.1. The van der Waals surface area contributed by atoms with E-state index in [-0.39, 0.29) is 18.9 Å². The molecule has 6 nitrogen and oxygen atoms in total. The van der Waals surface area contributed by atoms with E-state index in [0.29, 0.717) is 35.8 Å². The minimum atomic E-state index is -0.456. The molecule has 2 aromatic carbocycles. The molecule has 0 radical (unpaired) electrons. The molecule has 0 aliphatic rings. The Labute approximate surface area is 153 Å². The third-order valence-corrected chi connectivity index (χ3v) is 3.57. The predicted octanol–water partition coefficient (Wildman–Crippen LogP) is 3.67. The lowest BCUT2D eigenvalue weighted by Gasteiger charge is -2.11. The lowest BCUT2D eigenvalue weighted by atomic mass is 10.1. The number of amides is 1. The van der Waals surface area contributed by atoms with Gasteiger partial charge in [-0.25, -0.2) is 4.79 Å². The van der Waals surface area contributed by atoms with Gasteiger partial charge in [-0.2, -0.15) is 0 Å². The van der Waals surface area contributed by atoms with Gasteiger partial charge in [0, 0.05) is 6.42 Å². The van der Waals surface area contributed by atoms with E-state index in [1.807, 2.05) is 24.3 Å². The van der Waals surface area contributed by atoms with Crippen molar-refractivity contribution in [2.24, 2.45) is 0 Å². The summed E-state index contributed by atoms with van der Waals surface area (Å²) >= 11 is 0. The molecule has 0 saturated heterocycles. The van der Waals surface area contributed by atoms with Crippen LogP contribution in [0.25, 0.3) is 0 Å². The second kappa shape index (κ2) is 10.1. The van der Waals surface area contributed by atoms with Crippen molar-refractivity contribution in [1.29, 1.82) is 0 Å². The molecule has 0 heterocycles. The summed E-state index contributed by atoms with van der Waals surface area (Å²) in [5.74, 6) is 0.650. The maximum absolute atomic E-state index is 12.1. The molecule has 26 heavy (non-hydrogen) atoms. The van der Waals surface area contributed by atoms with E-state index in [1.54, 1.807) is 38.3 Å². The van der Waals surface area contributed by atoms with Crippen molar-refractivity contribution >= 4 is 17.6 Å². The van der Waals surface area contributed by atoms with Crippen LogP contribution in [0, 0.1) is 0 Å². The molecule has 0 spiro atoms. The Morgan fingerprint density at radius 1 is 1.00 bits per heavy atom. The summed E-state index contributed by atoms with van der Waals surface area (Å²) < 4.78 is 15.9. The van der Waals surface area contributed by atoms with Crippen LogP contribution < -0.4 is 14.8 Å². The molecule has 0 aromatic heterocycles. The number of ether oxygens (including phenoxy) is 3. The predicted molar refractivity (Wildman–Crippen MR) is 98.8 cm³/mol. The van der Waals surface area contributed by atoms with Crippen LogP contribution in [-0.2, 0) is 9.53 Å². The first-order valence-electron chi connectivity index (χ1n) is 8.47. The Morgan fingerprint density at radius 3 is 2.42 bits per heavy atom. The van der Waals surface area contributed by atoms with E-state index in [0.717, 1.165) is 0 Å². The number of hydrogen-bond acceptors (Lipinski definition) is 5. The number of hydrogen-bond donors (Lipinski definition) is 1. The lowest BCUT2D eigenvalue weighted by Crippen LogP contribution is -2.16. The molecule has 6 heteroatoms. The highest BCUT2D eigenvalue weighted by Gasteiger charge is 2.13. The molecular formula is C20H23NO5. The van der Waals surface area contributed by atoms with Crippen molar-refractivity contribution in [1.82, 2.24) is 0 Å². The Hall–Kier alpha value is -3.02. The minimum Gasteiger partial charge on any atom is -0.493 e. The zero-order valence-electron chi connectivity index (χ0n) is 15.0. The molecule has 0 fully saturated rings. The molecule has 0 saturated carbocycles. The van der Waals surface area contributed by atoms with Gasteiger partial charge < -0.3 is 19.5 Å². The summed E-state index contributed by atoms with van der Waals surface area (Å²) in [6.45, 7) is 2.40. The van der Waals surface area contributed by atoms with E-state index >= 15 is 0 Å². The molecule has 2 rings (SSSR count). The van der Waals surface area contributed by atoms with Crippen molar-refractivity contribution in [2.75, 3.05) is 25.6 Å². The van der Waals surface area contributed by atoms with Crippen LogP contribution >= 0.6 is 0 Å². The van der Waals surface area contributed by atoms with Gasteiger partial charge in [-0.1, -0.05) is 24.3 Å². The third kappa shape index (κ3) is 5.51. The van der Waals surface area contributed by atoms with Crippen molar-refractivity contribution in [3.63, 3.8) is 0 Å². The maximum Gasteiger partial charge on any atom is 0.340 e. The molecule has 0 bridgehead atoms. The van der Waals surface area contributed by atoms with Crippen LogP contribution in [0.1, 0.15) is 30.1 Å². The van der Waals surface area contributed by atoms with E-state index in [4.69, 9.17) is 14.2 Å². The summed E-state index contributed by atoms with van der Waals surface area (Å²) in [5.41, 5.74) is 0.787. The van der Waals surface area contributed by atoms with E-state index in [2.05, 4.69) is 5.32 Å². The van der Waals surface area contributed by atoms with Crippen LogP contribution in [-0.4, -0.2) is 32.2 Å². The normalized spacial score (nSPS) is 10.1. The Bertz CT molecular complexity index is 744. The second-order valence-corrected chi connectivity index (χ2v) is 5.42. The Kier molecular flexibility index (Phi) is 7.49. The average Bonchev–Trinajstić information content (AvgIpc) is 2.66. The molecule has 138 valence electrons. The van der Waals surface area contributed by atoms with Gasteiger partial charge in [0.25, 0.3) is 0 Å². The first-order valence-corrected chi connectivity index (χ1v) is 8.47. The number of esters is 1. The standard InChI is InChI=1S/C20H23NO5/c1-3-25-20(23)15-9-4-5-10-16(15)21-19(22)13-8-14-26-18-12-7-6-11-17(18)24-2/h4-7,9-12H,3,8,13-14H2,1-2H3,(H,21,22). The van der Waals surface area contributed by atoms with E-state index in [1.165, 1.54) is 0 Å². The van der Waals surface area contributed by atoms with Gasteiger partial charge in [0.05, 0.1) is 31.6 Å². The van der Waals surface area contributed by atoms with Gasteiger partial charge in [-0.15, -0.1) is 0 Å². The van der Waals surface area contributed by atoms with Gasteiger partial charge in [-0.3, -0.25) is 4.79 Å². The van der Waals surface area contributed by atoms with Gasteiger partial charge >= 0.3 is 5.97 Å². The molecule has 0 atom stereocenters. The fourth-order valence-corrected chi connectivity index (χ4v) is 2.34. The van der Waals surface area contributed by atoms with Crippen LogP contribution in [0.4, 0.5) is 5.69 Å². The van der Waals surface area contributed by atoms with Crippen LogP contribution in [0.15, 0.2) is 48.5 Å². The molecule has 1 amide bonds. The Balaban J connectivity index is 1.83. The van der Waals surface area contributed by atoms with Crippen molar-refractivity contribution in [3.8, 4) is 11.5 Å². The number of methoxy groups -OCH3 is 1. The van der Waals surface area contributed by atoms with Crippen LogP contribution in [0.3, 0.4) is 0 Å². The monoisotopic (exact) mass is 357 g/mol. The number of anilines is 1. The van der Waals surface area contributed by atoms with Crippen LogP contribution in [0.2, 0.25) is 0 Å². The number of nitrogens with one attached hydrogen (secondary N) is 1. The average molecular weight is 357 g/mol. The molecule has 1 N–H and O–H groups in total. The number of carbonyl (C=O) groups is 2. The summed E-state index contributed by atoms with van der Waals surface area (Å²) in [4.78, 5) is 24.1. The van der Waals surface area contributed by atoms with E-state index in [9.17, 15) is 9.59 Å². The highest BCUT2D eigenvalue weighted by Crippen LogP contribution is 2.25. The highest BCUT2D eigenvalue weighted by molar-refractivity contribution is 6.01. The molecule has 2 aromatic rings. The first kappa shape index (κ1) is 19.3. The number of para-hydroxylation sites is 3. The zero-order valence-corrected chi connectivity index (χ0v) is 15.0. The fraction of sp³-hybridized carbons (Fsp3) is 0.300. The summed E-state index contributed by atoms with van der Waals surface area (Å²) in [6, 6.07) is 14.1. The summed E-state index contributed by atoms with van der Waals surface area (Å²) in [7, 11) is 1.58. The fourth-order valence-electron chi connectivity index (χ4n) is 2.34. The second-order valence-electron chi connectivity index (χ2n) is 5.42. The topological polar surface area (TPSA) is 73.9 Å². The largest absolute Gasteiger partial charge is 0.493 e. The minimum absolute atomic E-state index is 0.189. The van der Waals surface area contributed by atoms with Gasteiger partial charge in [0.2, 0.25) is 5.91 Å². The van der Waals surface area contributed by atoms with Crippen molar-refractivity contribution in [2.45, 2.75) is 19.8 Å². The molecule has 0 aliphatic heterocycles. The van der Waals surface area contributed by atoms with Crippen molar-refractivity contribution in [3.05, 3.63) is 54.1 Å². The van der Waals surface area contributed by atoms with Gasteiger partial charge in [0.1, 0.15) is 0 Å². The van der Waals surface area contributed by atoms with Gasteiger partial charge in [-0.05, 0) is 37.6 Å². The quantitative estimate of drug-likeness (QED) is 0.547. The molecule has 0 aliphatic carbocycles. The number of carbonyl (C=O) groups excluding carboxylic acids is 2. The van der Waals surface area contributed by atoms with Gasteiger partial charge in [0.15, 0.2) is 11.5 Å². The van der Waals surface area contributed by atoms with Crippen molar-refractivity contribution < 1.29 is 23.8 Å². The van der Waals surface area contributed by atoms with Crippen LogP contribution in [0.5, 0.6) is 11.5 Å². The SMILES string of the molecule is CCOC(=O)c1ccccc1NC(=O)CCCOc1ccccc1OC. The molecular weight excluding hydrogens is 334 g/mol. The zero-order chi connectivity index (χ0) is 18.8. The molecule has 0 unspecified atom stereocenters. The third-order valence-electron chi connectivity index (χ3n) is 3.57. The number of rotatable bonds is 9. The number of benzene rings is 2. The summed E-state index contributed by atoms with van der Waals surface area (Å²) in [6.07, 6.45) is 0.803.